The molecule has 1 aliphatic rings. The van der Waals surface area contributed by atoms with Gasteiger partial charge in [0.05, 0.1) is 29.5 Å². The van der Waals surface area contributed by atoms with Crippen LogP contribution in [0.4, 0.5) is 5.69 Å². The van der Waals surface area contributed by atoms with Crippen LogP contribution in [0.3, 0.4) is 0 Å². The first-order chi connectivity index (χ1) is 11.4. The first-order valence-corrected chi connectivity index (χ1v) is 9.02. The largest absolute Gasteiger partial charge is 0.495 e. The molecule has 1 saturated carbocycles. The standard InChI is InChI=1S/C16H22N2O6S/c1-16(2)12(13(16)15(20)21)14(19)17-10-8-9(6-7-11(10)24-5)25(22,23)18(3)4/h6-8,12-13H,1-5H3,(H,17,19)(H,20,21)/t12-,13+/m0/s1. The predicted molar refractivity (Wildman–Crippen MR) is 90.9 cm³/mol. The number of carboxylic acids is 1. The molecular formula is C16H22N2O6S. The zero-order valence-electron chi connectivity index (χ0n) is 14.7. The Bertz CT molecular complexity index is 816. The third-order valence-electron chi connectivity index (χ3n) is 4.58. The summed E-state index contributed by atoms with van der Waals surface area (Å²) in [5.41, 5.74) is -0.474. The van der Waals surface area contributed by atoms with Crippen LogP contribution in [0.25, 0.3) is 0 Å². The molecule has 1 aliphatic carbocycles. The summed E-state index contributed by atoms with van der Waals surface area (Å²) in [5, 5.41) is 11.8. The summed E-state index contributed by atoms with van der Waals surface area (Å²) < 4.78 is 30.7. The van der Waals surface area contributed by atoms with E-state index in [9.17, 15) is 23.1 Å². The second kappa shape index (κ2) is 6.30. The summed E-state index contributed by atoms with van der Waals surface area (Å²) in [4.78, 5) is 23.7. The normalized spacial score (nSPS) is 21.7. The first-order valence-electron chi connectivity index (χ1n) is 7.58. The first kappa shape index (κ1) is 19.2. The van der Waals surface area contributed by atoms with Crippen LogP contribution in [0.15, 0.2) is 23.1 Å². The van der Waals surface area contributed by atoms with Crippen molar-refractivity contribution in [2.45, 2.75) is 18.7 Å². The Labute approximate surface area is 146 Å². The minimum Gasteiger partial charge on any atom is -0.495 e. The number of nitrogens with zero attached hydrogens (tertiary/aromatic N) is 1. The van der Waals surface area contributed by atoms with Crippen molar-refractivity contribution in [1.82, 2.24) is 4.31 Å². The van der Waals surface area contributed by atoms with E-state index in [1.165, 1.54) is 39.4 Å². The number of carbonyl (C=O) groups excluding carboxylic acids is 1. The molecule has 0 bridgehead atoms. The van der Waals surface area contributed by atoms with Gasteiger partial charge in [0.2, 0.25) is 15.9 Å². The van der Waals surface area contributed by atoms with E-state index in [-0.39, 0.29) is 16.3 Å². The van der Waals surface area contributed by atoms with Crippen molar-refractivity contribution >= 4 is 27.6 Å². The number of hydrogen-bond donors (Lipinski definition) is 2. The summed E-state index contributed by atoms with van der Waals surface area (Å²) in [7, 11) is 0.525. The van der Waals surface area contributed by atoms with Gasteiger partial charge in [0.25, 0.3) is 0 Å². The zero-order chi connectivity index (χ0) is 19.2. The third kappa shape index (κ3) is 3.34. The van der Waals surface area contributed by atoms with Crippen molar-refractivity contribution in [3.05, 3.63) is 18.2 Å². The van der Waals surface area contributed by atoms with Crippen LogP contribution in [0.5, 0.6) is 5.75 Å². The second-order valence-corrected chi connectivity index (χ2v) is 8.91. The molecule has 9 heteroatoms. The van der Waals surface area contributed by atoms with E-state index in [0.29, 0.717) is 0 Å². The molecule has 0 heterocycles. The van der Waals surface area contributed by atoms with Crippen LogP contribution in [0, 0.1) is 17.3 Å². The lowest BCUT2D eigenvalue weighted by Crippen LogP contribution is -2.23. The Balaban J connectivity index is 2.33. The predicted octanol–water partition coefficient (Wildman–Crippen LogP) is 1.24. The minimum atomic E-state index is -3.68. The van der Waals surface area contributed by atoms with Crippen LogP contribution in [0.1, 0.15) is 13.8 Å². The van der Waals surface area contributed by atoms with Gasteiger partial charge in [0.15, 0.2) is 0 Å². The highest BCUT2D eigenvalue weighted by Crippen LogP contribution is 2.58. The van der Waals surface area contributed by atoms with Crippen molar-refractivity contribution in [3.8, 4) is 5.75 Å². The summed E-state index contributed by atoms with van der Waals surface area (Å²) in [6.45, 7) is 3.42. The number of anilines is 1. The molecule has 0 unspecified atom stereocenters. The van der Waals surface area contributed by atoms with E-state index in [2.05, 4.69) is 5.32 Å². The van der Waals surface area contributed by atoms with Crippen molar-refractivity contribution in [2.24, 2.45) is 17.3 Å². The average Bonchev–Trinajstić information content (AvgIpc) is 3.10. The molecular weight excluding hydrogens is 348 g/mol. The fraction of sp³-hybridized carbons (Fsp3) is 0.500. The molecule has 138 valence electrons. The van der Waals surface area contributed by atoms with E-state index in [1.54, 1.807) is 13.8 Å². The van der Waals surface area contributed by atoms with Gasteiger partial charge in [-0.15, -0.1) is 0 Å². The Kier molecular flexibility index (Phi) is 4.84. The van der Waals surface area contributed by atoms with Crippen LogP contribution in [0.2, 0.25) is 0 Å². The number of carbonyl (C=O) groups is 2. The number of amides is 1. The smallest absolute Gasteiger partial charge is 0.307 e. The summed E-state index contributed by atoms with van der Waals surface area (Å²) >= 11 is 0. The lowest BCUT2D eigenvalue weighted by molar-refractivity contribution is -0.140. The number of methoxy groups -OCH3 is 1. The Hall–Kier alpha value is -2.13. The maximum atomic E-state index is 12.5. The molecule has 0 aromatic heterocycles. The highest BCUT2D eigenvalue weighted by atomic mass is 32.2. The molecule has 8 nitrogen and oxygen atoms in total. The van der Waals surface area contributed by atoms with Gasteiger partial charge in [-0.05, 0) is 23.6 Å². The highest BCUT2D eigenvalue weighted by molar-refractivity contribution is 7.89. The molecule has 0 radical (unpaired) electrons. The summed E-state index contributed by atoms with van der Waals surface area (Å²) in [5.74, 6) is -2.68. The van der Waals surface area contributed by atoms with Gasteiger partial charge in [-0.25, -0.2) is 12.7 Å². The quantitative estimate of drug-likeness (QED) is 0.779. The highest BCUT2D eigenvalue weighted by Gasteiger charge is 2.65. The number of sulfonamides is 1. The van der Waals surface area contributed by atoms with Crippen molar-refractivity contribution in [3.63, 3.8) is 0 Å². The van der Waals surface area contributed by atoms with Crippen molar-refractivity contribution in [1.29, 1.82) is 0 Å². The molecule has 0 spiro atoms. The Morgan fingerprint density at radius 1 is 1.24 bits per heavy atom. The maximum Gasteiger partial charge on any atom is 0.307 e. The molecule has 2 N–H and O–H groups in total. The van der Waals surface area contributed by atoms with Gasteiger partial charge in [-0.2, -0.15) is 0 Å². The molecule has 0 saturated heterocycles. The van der Waals surface area contributed by atoms with E-state index in [1.807, 2.05) is 0 Å². The van der Waals surface area contributed by atoms with E-state index < -0.39 is 39.2 Å². The van der Waals surface area contributed by atoms with E-state index in [4.69, 9.17) is 4.74 Å². The van der Waals surface area contributed by atoms with E-state index in [0.717, 1.165) is 4.31 Å². The number of benzene rings is 1. The van der Waals surface area contributed by atoms with Gasteiger partial charge < -0.3 is 15.2 Å². The van der Waals surface area contributed by atoms with Gasteiger partial charge in [0.1, 0.15) is 5.75 Å². The number of carboxylic acid groups (broad SMARTS) is 1. The zero-order valence-corrected chi connectivity index (χ0v) is 15.5. The number of hydrogen-bond acceptors (Lipinski definition) is 5. The number of rotatable bonds is 6. The lowest BCUT2D eigenvalue weighted by Gasteiger charge is -2.15. The fourth-order valence-electron chi connectivity index (χ4n) is 2.95. The number of aliphatic carboxylic acids is 1. The maximum absolute atomic E-state index is 12.5. The molecule has 1 aromatic rings. The van der Waals surface area contributed by atoms with Crippen LogP contribution in [-0.4, -0.2) is 50.9 Å². The molecule has 1 aromatic carbocycles. The van der Waals surface area contributed by atoms with Crippen molar-refractivity contribution in [2.75, 3.05) is 26.5 Å². The molecule has 2 atom stereocenters. The molecule has 25 heavy (non-hydrogen) atoms. The SMILES string of the molecule is COc1ccc(S(=O)(=O)N(C)C)cc1NC(=O)[C@@H]1[C@H](C(=O)O)C1(C)C. The van der Waals surface area contributed by atoms with Crippen LogP contribution < -0.4 is 10.1 Å². The minimum absolute atomic E-state index is 0.00144. The number of nitrogens with one attached hydrogen (secondary N) is 1. The summed E-state index contributed by atoms with van der Waals surface area (Å²) in [6.07, 6.45) is 0. The van der Waals surface area contributed by atoms with Gasteiger partial charge in [-0.1, -0.05) is 13.8 Å². The van der Waals surface area contributed by atoms with E-state index >= 15 is 0 Å². The monoisotopic (exact) mass is 370 g/mol. The molecule has 0 aliphatic heterocycles. The topological polar surface area (TPSA) is 113 Å². The molecule has 1 fully saturated rings. The van der Waals surface area contributed by atoms with Crippen molar-refractivity contribution < 1.29 is 27.9 Å². The van der Waals surface area contributed by atoms with Gasteiger partial charge in [0, 0.05) is 14.1 Å². The molecule has 2 rings (SSSR count). The number of ether oxygens (including phenoxy) is 1. The van der Waals surface area contributed by atoms with Gasteiger partial charge in [-0.3, -0.25) is 9.59 Å². The van der Waals surface area contributed by atoms with Crippen LogP contribution in [-0.2, 0) is 19.6 Å². The molecule has 1 amide bonds. The van der Waals surface area contributed by atoms with Crippen LogP contribution >= 0.6 is 0 Å². The summed E-state index contributed by atoms with van der Waals surface area (Å²) in [6, 6.07) is 4.13. The second-order valence-electron chi connectivity index (χ2n) is 6.75. The lowest BCUT2D eigenvalue weighted by atomic mass is 10.1. The Morgan fingerprint density at radius 3 is 2.28 bits per heavy atom. The Morgan fingerprint density at radius 2 is 1.84 bits per heavy atom. The third-order valence-corrected chi connectivity index (χ3v) is 6.39. The van der Waals surface area contributed by atoms with Gasteiger partial charge >= 0.3 is 5.97 Å². The fourth-order valence-corrected chi connectivity index (χ4v) is 3.88. The average molecular weight is 370 g/mol.